The minimum absolute atomic E-state index is 0.340. The largest absolute Gasteiger partial charge is 0.383 e. The van der Waals surface area contributed by atoms with E-state index in [0.29, 0.717) is 5.57 Å². The van der Waals surface area contributed by atoms with Gasteiger partial charge in [-0.25, -0.2) is 0 Å². The Labute approximate surface area is 106 Å². The van der Waals surface area contributed by atoms with Crippen LogP contribution in [0.15, 0.2) is 66.2 Å². The minimum atomic E-state index is -0.878. The normalized spacial score (nSPS) is 12.8. The van der Waals surface area contributed by atoms with E-state index in [1.807, 2.05) is 48.5 Å². The fourth-order valence-electron chi connectivity index (χ4n) is 1.72. The summed E-state index contributed by atoms with van der Waals surface area (Å²) in [6, 6.07) is 20.7. The van der Waals surface area contributed by atoms with Gasteiger partial charge in [-0.05, 0) is 17.2 Å². The van der Waals surface area contributed by atoms with Crippen molar-refractivity contribution in [3.05, 3.63) is 77.4 Å². The number of rotatable bonds is 3. The molecule has 0 aliphatic rings. The summed E-state index contributed by atoms with van der Waals surface area (Å²) in [5.74, 6) is 0. The van der Waals surface area contributed by atoms with Crippen molar-refractivity contribution in [3.63, 3.8) is 0 Å². The second-order valence-electron chi connectivity index (χ2n) is 3.94. The molecule has 0 saturated heterocycles. The number of nitrogens with zero attached hydrogens (tertiary/aromatic N) is 1. The zero-order valence-corrected chi connectivity index (χ0v) is 9.82. The molecule has 88 valence electrons. The molecule has 2 heteroatoms. The Bertz CT molecular complexity index is 567. The highest BCUT2D eigenvalue weighted by atomic mass is 16.3. The highest BCUT2D eigenvalue weighted by molar-refractivity contribution is 5.59. The van der Waals surface area contributed by atoms with Gasteiger partial charge in [0.05, 0.1) is 11.6 Å². The summed E-state index contributed by atoms with van der Waals surface area (Å²) >= 11 is 0. The first-order valence-corrected chi connectivity index (χ1v) is 5.71. The molecule has 0 aliphatic heterocycles. The van der Waals surface area contributed by atoms with Crippen LogP contribution in [0.2, 0.25) is 0 Å². The number of hydrogen-bond acceptors (Lipinski definition) is 2. The van der Waals surface area contributed by atoms with Gasteiger partial charge in [0.25, 0.3) is 0 Å². The van der Waals surface area contributed by atoms with Gasteiger partial charge in [-0.3, -0.25) is 0 Å². The van der Waals surface area contributed by atoms with Crippen molar-refractivity contribution in [1.29, 1.82) is 5.26 Å². The maximum atomic E-state index is 10.2. The Morgan fingerprint density at radius 2 is 1.56 bits per heavy atom. The summed E-state index contributed by atoms with van der Waals surface area (Å²) in [5.41, 5.74) is 1.97. The molecule has 0 amide bonds. The highest BCUT2D eigenvalue weighted by Gasteiger charge is 2.12. The Balaban J connectivity index is 2.30. The van der Waals surface area contributed by atoms with Crippen LogP contribution in [0.1, 0.15) is 17.2 Å². The van der Waals surface area contributed by atoms with Crippen molar-refractivity contribution in [2.45, 2.75) is 6.10 Å². The van der Waals surface area contributed by atoms with Gasteiger partial charge in [0, 0.05) is 0 Å². The SMILES string of the molecule is N#C/C(=C\c1ccccc1)C(O)c1ccccc1. The van der Waals surface area contributed by atoms with Crippen LogP contribution in [0.5, 0.6) is 0 Å². The first-order valence-electron chi connectivity index (χ1n) is 5.71. The summed E-state index contributed by atoms with van der Waals surface area (Å²) in [4.78, 5) is 0. The van der Waals surface area contributed by atoms with Gasteiger partial charge in [0.2, 0.25) is 0 Å². The van der Waals surface area contributed by atoms with Gasteiger partial charge < -0.3 is 5.11 Å². The molecule has 1 unspecified atom stereocenters. The van der Waals surface area contributed by atoms with Crippen molar-refractivity contribution in [2.24, 2.45) is 0 Å². The molecule has 0 radical (unpaired) electrons. The molecule has 0 aliphatic carbocycles. The second-order valence-corrected chi connectivity index (χ2v) is 3.94. The average molecular weight is 235 g/mol. The smallest absolute Gasteiger partial charge is 0.114 e. The van der Waals surface area contributed by atoms with Crippen molar-refractivity contribution in [2.75, 3.05) is 0 Å². The van der Waals surface area contributed by atoms with Crippen molar-refractivity contribution in [1.82, 2.24) is 0 Å². The Hall–Kier alpha value is -2.37. The Morgan fingerprint density at radius 1 is 1.00 bits per heavy atom. The molecular formula is C16H13NO. The van der Waals surface area contributed by atoms with Crippen molar-refractivity contribution < 1.29 is 5.11 Å². The fraction of sp³-hybridized carbons (Fsp3) is 0.0625. The second kappa shape index (κ2) is 5.81. The van der Waals surface area contributed by atoms with Crippen LogP contribution in [0.4, 0.5) is 0 Å². The molecule has 0 bridgehead atoms. The molecule has 1 N–H and O–H groups in total. The van der Waals surface area contributed by atoms with Crippen LogP contribution in [-0.4, -0.2) is 5.11 Å². The number of nitriles is 1. The molecule has 1 atom stereocenters. The van der Waals surface area contributed by atoms with Crippen LogP contribution in [0.3, 0.4) is 0 Å². The molecule has 0 saturated carbocycles. The lowest BCUT2D eigenvalue weighted by molar-refractivity contribution is 0.221. The minimum Gasteiger partial charge on any atom is -0.383 e. The molecule has 0 heterocycles. The maximum absolute atomic E-state index is 10.2. The molecule has 0 fully saturated rings. The quantitative estimate of drug-likeness (QED) is 0.829. The first kappa shape index (κ1) is 12.1. The Morgan fingerprint density at radius 3 is 2.11 bits per heavy atom. The monoisotopic (exact) mass is 235 g/mol. The topological polar surface area (TPSA) is 44.0 Å². The zero-order valence-electron chi connectivity index (χ0n) is 9.82. The number of benzene rings is 2. The van der Waals surface area contributed by atoms with Crippen molar-refractivity contribution >= 4 is 6.08 Å². The van der Waals surface area contributed by atoms with Crippen molar-refractivity contribution in [3.8, 4) is 6.07 Å². The van der Waals surface area contributed by atoms with E-state index in [0.717, 1.165) is 11.1 Å². The van der Waals surface area contributed by atoms with E-state index >= 15 is 0 Å². The van der Waals surface area contributed by atoms with E-state index in [2.05, 4.69) is 6.07 Å². The van der Waals surface area contributed by atoms with Gasteiger partial charge in [0.1, 0.15) is 6.10 Å². The van der Waals surface area contributed by atoms with E-state index in [1.165, 1.54) is 0 Å². The van der Waals surface area contributed by atoms with Gasteiger partial charge >= 0.3 is 0 Å². The summed E-state index contributed by atoms with van der Waals surface area (Å²) in [6.45, 7) is 0. The summed E-state index contributed by atoms with van der Waals surface area (Å²) in [5, 5.41) is 19.3. The molecule has 2 nitrogen and oxygen atoms in total. The Kier molecular flexibility index (Phi) is 3.90. The van der Waals surface area contributed by atoms with E-state index in [-0.39, 0.29) is 0 Å². The third kappa shape index (κ3) is 2.85. The molecule has 2 aromatic carbocycles. The first-order chi connectivity index (χ1) is 8.81. The molecule has 0 spiro atoms. The lowest BCUT2D eigenvalue weighted by atomic mass is 10.0. The average Bonchev–Trinajstić information content (AvgIpc) is 2.46. The molecule has 2 rings (SSSR count). The number of aliphatic hydroxyl groups is 1. The van der Waals surface area contributed by atoms with E-state index < -0.39 is 6.10 Å². The summed E-state index contributed by atoms with van der Waals surface area (Å²) in [7, 11) is 0. The van der Waals surface area contributed by atoms with Crippen LogP contribution in [0.25, 0.3) is 6.08 Å². The number of hydrogen-bond donors (Lipinski definition) is 1. The van der Waals surface area contributed by atoms with Crippen LogP contribution >= 0.6 is 0 Å². The zero-order chi connectivity index (χ0) is 12.8. The number of aliphatic hydroxyl groups excluding tert-OH is 1. The molecular weight excluding hydrogens is 222 g/mol. The van der Waals surface area contributed by atoms with Crippen LogP contribution < -0.4 is 0 Å². The standard InChI is InChI=1S/C16H13NO/c17-12-15(11-13-7-3-1-4-8-13)16(18)14-9-5-2-6-10-14/h1-11,16,18H/b15-11+. The van der Waals surface area contributed by atoms with Gasteiger partial charge in [-0.15, -0.1) is 0 Å². The third-order valence-electron chi connectivity index (χ3n) is 2.66. The van der Waals surface area contributed by atoms with Gasteiger partial charge in [-0.1, -0.05) is 60.7 Å². The predicted octanol–water partition coefficient (Wildman–Crippen LogP) is 3.33. The van der Waals surface area contributed by atoms with Crippen LogP contribution in [0, 0.1) is 11.3 Å². The molecule has 18 heavy (non-hydrogen) atoms. The van der Waals surface area contributed by atoms with Crippen LogP contribution in [-0.2, 0) is 0 Å². The highest BCUT2D eigenvalue weighted by Crippen LogP contribution is 2.22. The van der Waals surface area contributed by atoms with E-state index in [4.69, 9.17) is 5.26 Å². The predicted molar refractivity (Wildman–Crippen MR) is 71.4 cm³/mol. The lowest BCUT2D eigenvalue weighted by Gasteiger charge is -2.09. The fourth-order valence-corrected chi connectivity index (χ4v) is 1.72. The van der Waals surface area contributed by atoms with E-state index in [1.54, 1.807) is 18.2 Å². The van der Waals surface area contributed by atoms with Gasteiger partial charge in [0.15, 0.2) is 0 Å². The maximum Gasteiger partial charge on any atom is 0.114 e. The lowest BCUT2D eigenvalue weighted by Crippen LogP contribution is -1.99. The van der Waals surface area contributed by atoms with E-state index in [9.17, 15) is 5.11 Å². The molecule has 0 aromatic heterocycles. The third-order valence-corrected chi connectivity index (χ3v) is 2.66. The summed E-state index contributed by atoms with van der Waals surface area (Å²) in [6.07, 6.45) is 0.828. The van der Waals surface area contributed by atoms with Gasteiger partial charge in [-0.2, -0.15) is 5.26 Å². The molecule has 2 aromatic rings. The summed E-state index contributed by atoms with van der Waals surface area (Å²) < 4.78 is 0.